The van der Waals surface area contributed by atoms with Crippen molar-refractivity contribution in [2.75, 3.05) is 11.9 Å². The SMILES string of the molecule is CN(Cc1nccn1C(F)F)c1nc2c(cnn2-c2ccccc2)c(=O)[nH]1. The van der Waals surface area contributed by atoms with Crippen LogP contribution in [0.25, 0.3) is 16.7 Å². The van der Waals surface area contributed by atoms with Gasteiger partial charge in [-0.25, -0.2) is 9.67 Å². The predicted octanol–water partition coefficient (Wildman–Crippen LogP) is 2.34. The summed E-state index contributed by atoms with van der Waals surface area (Å²) in [5.74, 6) is 0.390. The summed E-state index contributed by atoms with van der Waals surface area (Å²) in [5, 5.41) is 4.58. The van der Waals surface area contributed by atoms with Gasteiger partial charge in [-0.05, 0) is 12.1 Å². The molecule has 0 spiro atoms. The summed E-state index contributed by atoms with van der Waals surface area (Å²) in [6.07, 6.45) is 3.96. The molecule has 138 valence electrons. The third-order valence-electron chi connectivity index (χ3n) is 4.13. The van der Waals surface area contributed by atoms with Gasteiger partial charge in [-0.3, -0.25) is 14.3 Å². The van der Waals surface area contributed by atoms with Gasteiger partial charge in [0.2, 0.25) is 5.95 Å². The summed E-state index contributed by atoms with van der Waals surface area (Å²) in [7, 11) is 1.64. The minimum Gasteiger partial charge on any atom is -0.338 e. The van der Waals surface area contributed by atoms with Crippen LogP contribution in [0.4, 0.5) is 14.7 Å². The highest BCUT2D eigenvalue weighted by atomic mass is 19.3. The second-order valence-electron chi connectivity index (χ2n) is 5.90. The number of imidazole rings is 1. The first kappa shape index (κ1) is 16.9. The Morgan fingerprint density at radius 3 is 2.78 bits per heavy atom. The number of aromatic amines is 1. The first-order valence-electron chi connectivity index (χ1n) is 8.09. The van der Waals surface area contributed by atoms with Crippen molar-refractivity contribution in [2.24, 2.45) is 0 Å². The molecule has 10 heteroatoms. The fourth-order valence-corrected chi connectivity index (χ4v) is 2.78. The Bertz CT molecular complexity index is 1130. The Morgan fingerprint density at radius 1 is 1.26 bits per heavy atom. The lowest BCUT2D eigenvalue weighted by Crippen LogP contribution is -2.25. The molecule has 0 radical (unpaired) electrons. The molecule has 0 unspecified atom stereocenters. The molecular weight excluding hydrogens is 356 g/mol. The molecule has 0 aliphatic heterocycles. The second kappa shape index (κ2) is 6.63. The number of aromatic nitrogens is 6. The Hall–Kier alpha value is -3.56. The minimum atomic E-state index is -2.69. The number of anilines is 1. The molecule has 3 aromatic heterocycles. The van der Waals surface area contributed by atoms with Gasteiger partial charge >= 0.3 is 6.55 Å². The van der Waals surface area contributed by atoms with Crippen LogP contribution in [0, 0.1) is 0 Å². The molecule has 0 saturated heterocycles. The summed E-state index contributed by atoms with van der Waals surface area (Å²) < 4.78 is 28.3. The van der Waals surface area contributed by atoms with Crippen molar-refractivity contribution in [3.8, 4) is 5.69 Å². The molecule has 3 heterocycles. The van der Waals surface area contributed by atoms with E-state index in [2.05, 4.69) is 20.1 Å². The average Bonchev–Trinajstić information content (AvgIpc) is 3.29. The molecular formula is C17H15F2N7O. The van der Waals surface area contributed by atoms with E-state index in [-0.39, 0.29) is 23.9 Å². The van der Waals surface area contributed by atoms with Crippen LogP contribution in [-0.2, 0) is 6.54 Å². The Labute approximate surface area is 151 Å². The number of benzene rings is 1. The van der Waals surface area contributed by atoms with Crippen molar-refractivity contribution in [3.63, 3.8) is 0 Å². The van der Waals surface area contributed by atoms with Gasteiger partial charge in [0.15, 0.2) is 5.65 Å². The second-order valence-corrected chi connectivity index (χ2v) is 5.90. The van der Waals surface area contributed by atoms with Crippen LogP contribution in [-0.4, -0.2) is 36.3 Å². The lowest BCUT2D eigenvalue weighted by atomic mass is 10.3. The third-order valence-corrected chi connectivity index (χ3v) is 4.13. The number of hydrogen-bond donors (Lipinski definition) is 1. The number of halogens is 2. The van der Waals surface area contributed by atoms with E-state index in [4.69, 9.17) is 0 Å². The number of H-pyrrole nitrogens is 1. The number of nitrogens with zero attached hydrogens (tertiary/aromatic N) is 6. The molecule has 0 amide bonds. The lowest BCUT2D eigenvalue weighted by molar-refractivity contribution is 0.0670. The van der Waals surface area contributed by atoms with Crippen LogP contribution < -0.4 is 10.5 Å². The Morgan fingerprint density at radius 2 is 2.04 bits per heavy atom. The van der Waals surface area contributed by atoms with Gasteiger partial charge in [-0.1, -0.05) is 18.2 Å². The van der Waals surface area contributed by atoms with Gasteiger partial charge in [0, 0.05) is 19.4 Å². The van der Waals surface area contributed by atoms with Crippen LogP contribution in [0.5, 0.6) is 0 Å². The number of alkyl halides is 2. The fourth-order valence-electron chi connectivity index (χ4n) is 2.78. The normalized spacial score (nSPS) is 11.4. The fraction of sp³-hybridized carbons (Fsp3) is 0.176. The van der Waals surface area contributed by atoms with E-state index in [0.717, 1.165) is 10.3 Å². The molecule has 0 aliphatic rings. The van der Waals surface area contributed by atoms with Gasteiger partial charge in [-0.15, -0.1) is 0 Å². The summed E-state index contributed by atoms with van der Waals surface area (Å²) >= 11 is 0. The molecule has 4 aromatic rings. The van der Waals surface area contributed by atoms with E-state index in [1.165, 1.54) is 18.6 Å². The van der Waals surface area contributed by atoms with Crippen molar-refractivity contribution in [1.82, 2.24) is 29.3 Å². The molecule has 0 saturated carbocycles. The molecule has 27 heavy (non-hydrogen) atoms. The van der Waals surface area contributed by atoms with E-state index in [0.29, 0.717) is 11.0 Å². The average molecular weight is 371 g/mol. The van der Waals surface area contributed by atoms with Crippen LogP contribution in [0.1, 0.15) is 12.4 Å². The van der Waals surface area contributed by atoms with Crippen molar-refractivity contribution in [2.45, 2.75) is 13.1 Å². The molecule has 4 rings (SSSR count). The molecule has 0 fully saturated rings. The Kier molecular flexibility index (Phi) is 4.15. The predicted molar refractivity (Wildman–Crippen MR) is 95.1 cm³/mol. The maximum atomic E-state index is 13.0. The summed E-state index contributed by atoms with van der Waals surface area (Å²) in [5.41, 5.74) is 0.776. The maximum absolute atomic E-state index is 13.0. The zero-order valence-electron chi connectivity index (χ0n) is 14.3. The topological polar surface area (TPSA) is 84.6 Å². The Balaban J connectivity index is 1.74. The summed E-state index contributed by atoms with van der Waals surface area (Å²) in [4.78, 5) is 25.0. The van der Waals surface area contributed by atoms with Gasteiger partial charge in [0.1, 0.15) is 11.2 Å². The highest BCUT2D eigenvalue weighted by molar-refractivity contribution is 5.76. The number of para-hydroxylation sites is 1. The first-order valence-corrected chi connectivity index (χ1v) is 8.09. The van der Waals surface area contributed by atoms with Crippen molar-refractivity contribution in [3.05, 3.63) is 65.1 Å². The van der Waals surface area contributed by atoms with E-state index in [9.17, 15) is 13.6 Å². The van der Waals surface area contributed by atoms with Crippen LogP contribution in [0.2, 0.25) is 0 Å². The third kappa shape index (κ3) is 3.05. The van der Waals surface area contributed by atoms with Crippen molar-refractivity contribution in [1.29, 1.82) is 0 Å². The molecule has 0 aliphatic carbocycles. The molecule has 1 aromatic carbocycles. The van der Waals surface area contributed by atoms with Crippen molar-refractivity contribution < 1.29 is 8.78 Å². The number of fused-ring (bicyclic) bond motifs is 1. The molecule has 8 nitrogen and oxygen atoms in total. The van der Waals surface area contributed by atoms with Gasteiger partial charge in [0.25, 0.3) is 5.56 Å². The lowest BCUT2D eigenvalue weighted by Gasteiger charge is -2.18. The zero-order chi connectivity index (χ0) is 19.0. The first-order chi connectivity index (χ1) is 13.0. The highest BCUT2D eigenvalue weighted by Gasteiger charge is 2.17. The van der Waals surface area contributed by atoms with Gasteiger partial charge in [-0.2, -0.15) is 18.9 Å². The minimum absolute atomic E-state index is 0.0469. The van der Waals surface area contributed by atoms with Gasteiger partial charge in [0.05, 0.1) is 18.4 Å². The number of rotatable bonds is 5. The highest BCUT2D eigenvalue weighted by Crippen LogP contribution is 2.18. The molecule has 0 atom stereocenters. The smallest absolute Gasteiger partial charge is 0.319 e. The monoisotopic (exact) mass is 371 g/mol. The molecule has 1 N–H and O–H groups in total. The molecule has 0 bridgehead atoms. The van der Waals surface area contributed by atoms with E-state index >= 15 is 0 Å². The summed E-state index contributed by atoms with van der Waals surface area (Å²) in [6, 6.07) is 9.27. The zero-order valence-corrected chi connectivity index (χ0v) is 14.3. The van der Waals surface area contributed by atoms with Crippen LogP contribution in [0.15, 0.2) is 53.7 Å². The maximum Gasteiger partial charge on any atom is 0.319 e. The quantitative estimate of drug-likeness (QED) is 0.582. The van der Waals surface area contributed by atoms with E-state index < -0.39 is 6.55 Å². The largest absolute Gasteiger partial charge is 0.338 e. The number of nitrogens with one attached hydrogen (secondary N) is 1. The standard InChI is InChI=1S/C17H15F2N7O/c1-24(10-13-20-7-8-25(13)16(18)19)17-22-14-12(15(27)23-17)9-21-26(14)11-5-3-2-4-6-11/h2-9,16H,10H2,1H3,(H,22,23,27). The van der Waals surface area contributed by atoms with Gasteiger partial charge < -0.3 is 4.90 Å². The van der Waals surface area contributed by atoms with Crippen LogP contribution in [0.3, 0.4) is 0 Å². The van der Waals surface area contributed by atoms with Crippen molar-refractivity contribution >= 4 is 17.0 Å². The van der Waals surface area contributed by atoms with Crippen LogP contribution >= 0.6 is 0 Å². The van der Waals surface area contributed by atoms with E-state index in [1.807, 2.05) is 30.3 Å². The number of hydrogen-bond acceptors (Lipinski definition) is 5. The summed E-state index contributed by atoms with van der Waals surface area (Å²) in [6.45, 7) is -2.64. The van der Waals surface area contributed by atoms with E-state index in [1.54, 1.807) is 16.6 Å².